The van der Waals surface area contributed by atoms with E-state index in [0.717, 1.165) is 28.1 Å². The smallest absolute Gasteiger partial charge is 0.203 e. The highest BCUT2D eigenvalue weighted by Crippen LogP contribution is 2.35. The van der Waals surface area contributed by atoms with Crippen LogP contribution in [-0.4, -0.2) is 21.4 Å². The number of hydrogen-bond donors (Lipinski definition) is 1. The Bertz CT molecular complexity index is 668. The summed E-state index contributed by atoms with van der Waals surface area (Å²) in [6.45, 7) is 3.77. The highest BCUT2D eigenvalue weighted by molar-refractivity contribution is 7.71. The zero-order valence-electron chi connectivity index (χ0n) is 11.6. The third-order valence-electron chi connectivity index (χ3n) is 3.48. The van der Waals surface area contributed by atoms with E-state index in [4.69, 9.17) is 23.8 Å². The highest BCUT2D eigenvalue weighted by Gasteiger charge is 2.27. The maximum absolute atomic E-state index is 5.97. The van der Waals surface area contributed by atoms with Crippen molar-refractivity contribution in [3.63, 3.8) is 0 Å². The van der Waals surface area contributed by atoms with E-state index in [2.05, 4.69) is 22.8 Å². The van der Waals surface area contributed by atoms with Crippen LogP contribution >= 0.6 is 35.2 Å². The van der Waals surface area contributed by atoms with E-state index in [-0.39, 0.29) is 0 Å². The van der Waals surface area contributed by atoms with Gasteiger partial charge in [0, 0.05) is 6.04 Å². The Morgan fingerprint density at radius 3 is 2.85 bits per heavy atom. The third-order valence-corrected chi connectivity index (χ3v) is 5.12. The molecule has 1 atom stereocenters. The maximum Gasteiger partial charge on any atom is 0.203 e. The molecule has 1 fully saturated rings. The van der Waals surface area contributed by atoms with E-state index in [0.29, 0.717) is 6.04 Å². The molecule has 2 aromatic rings. The minimum Gasteiger partial charge on any atom is -0.314 e. The molecule has 0 aliphatic heterocycles. The molecule has 3 rings (SSSR count). The molecule has 0 bridgehead atoms. The summed E-state index contributed by atoms with van der Waals surface area (Å²) in [5, 5.41) is 4.59. The first-order valence-corrected chi connectivity index (χ1v) is 8.36. The second kappa shape index (κ2) is 5.60. The van der Waals surface area contributed by atoms with Gasteiger partial charge in [0.1, 0.15) is 12.4 Å². The molecule has 2 aromatic heterocycles. The molecule has 0 amide bonds. The summed E-state index contributed by atoms with van der Waals surface area (Å²) in [4.78, 5) is 2.64. The van der Waals surface area contributed by atoms with Gasteiger partial charge >= 0.3 is 0 Å². The van der Waals surface area contributed by atoms with E-state index in [1.165, 1.54) is 22.6 Å². The molecule has 1 aliphatic carbocycles. The van der Waals surface area contributed by atoms with Crippen molar-refractivity contribution in [3.05, 3.63) is 31.9 Å². The number of aromatic nitrogens is 3. The van der Waals surface area contributed by atoms with Crippen LogP contribution in [0.1, 0.15) is 29.6 Å². The summed E-state index contributed by atoms with van der Waals surface area (Å²) in [5.74, 6) is 1.03. The van der Waals surface area contributed by atoms with E-state index >= 15 is 0 Å². The monoisotopic (exact) mass is 329 g/mol. The fourth-order valence-electron chi connectivity index (χ4n) is 2.44. The summed E-state index contributed by atoms with van der Waals surface area (Å²) in [5.41, 5.74) is 0. The predicted octanol–water partition coefficient (Wildman–Crippen LogP) is 2.44. The largest absolute Gasteiger partial charge is 0.314 e. The zero-order chi connectivity index (χ0) is 14.3. The van der Waals surface area contributed by atoms with Crippen molar-refractivity contribution in [1.82, 2.24) is 14.3 Å². The first-order chi connectivity index (χ1) is 9.54. The lowest BCUT2D eigenvalue weighted by Crippen LogP contribution is -3.06. The molecule has 1 N–H and O–H groups in total. The SMILES string of the molecule is Cc1nn(C[NH+](C)Cc2ccc(Cl)s2)c(=S)n1C1CC1. The van der Waals surface area contributed by atoms with Crippen LogP contribution in [0.2, 0.25) is 4.34 Å². The number of aryl methyl sites for hydroxylation is 1. The molecule has 108 valence electrons. The molecule has 1 aliphatic rings. The van der Waals surface area contributed by atoms with Crippen LogP contribution in [0.3, 0.4) is 0 Å². The molecule has 2 heterocycles. The summed E-state index contributed by atoms with van der Waals surface area (Å²) in [6, 6.07) is 4.63. The molecule has 4 nitrogen and oxygen atoms in total. The number of quaternary nitrogens is 1. The molecule has 7 heteroatoms. The number of hydrogen-bond acceptors (Lipinski definition) is 3. The van der Waals surface area contributed by atoms with Gasteiger partial charge in [0.2, 0.25) is 4.77 Å². The highest BCUT2D eigenvalue weighted by atomic mass is 35.5. The Balaban J connectivity index is 1.71. The fraction of sp³-hybridized carbons (Fsp3) is 0.538. The second-order valence-electron chi connectivity index (χ2n) is 5.43. The first-order valence-electron chi connectivity index (χ1n) is 6.76. The Kier molecular flexibility index (Phi) is 3.99. The summed E-state index contributed by atoms with van der Waals surface area (Å²) in [6.07, 6.45) is 2.47. The Morgan fingerprint density at radius 2 is 2.25 bits per heavy atom. The van der Waals surface area contributed by atoms with E-state index in [1.807, 2.05) is 17.7 Å². The lowest BCUT2D eigenvalue weighted by Gasteiger charge is -2.12. The Labute approximate surface area is 132 Å². The normalized spacial score (nSPS) is 16.6. The van der Waals surface area contributed by atoms with Gasteiger partial charge in [-0.2, -0.15) is 9.78 Å². The number of halogens is 1. The summed E-state index contributed by atoms with van der Waals surface area (Å²) in [7, 11) is 2.15. The maximum atomic E-state index is 5.97. The van der Waals surface area contributed by atoms with Gasteiger partial charge in [0.15, 0.2) is 6.67 Å². The fourth-order valence-corrected chi connectivity index (χ4v) is 4.03. The molecule has 20 heavy (non-hydrogen) atoms. The number of nitrogens with zero attached hydrogens (tertiary/aromatic N) is 3. The van der Waals surface area contributed by atoms with E-state index in [1.54, 1.807) is 11.3 Å². The van der Waals surface area contributed by atoms with Gasteiger partial charge in [-0.15, -0.1) is 11.3 Å². The van der Waals surface area contributed by atoms with Gasteiger partial charge in [-0.1, -0.05) is 11.6 Å². The molecule has 0 radical (unpaired) electrons. The average molecular weight is 330 g/mol. The minimum absolute atomic E-state index is 0.590. The molecular formula is C13H18ClN4S2+. The number of nitrogens with one attached hydrogen (secondary N) is 1. The van der Waals surface area contributed by atoms with Crippen molar-refractivity contribution in [1.29, 1.82) is 0 Å². The van der Waals surface area contributed by atoms with Crippen molar-refractivity contribution >= 4 is 35.2 Å². The van der Waals surface area contributed by atoms with Crippen LogP contribution < -0.4 is 4.90 Å². The Morgan fingerprint density at radius 1 is 1.50 bits per heavy atom. The van der Waals surface area contributed by atoms with Crippen molar-refractivity contribution in [3.8, 4) is 0 Å². The Hall–Kier alpha value is -0.690. The molecule has 0 spiro atoms. The number of rotatable bonds is 5. The van der Waals surface area contributed by atoms with Gasteiger partial charge in [-0.3, -0.25) is 0 Å². The summed E-state index contributed by atoms with van der Waals surface area (Å²) < 4.78 is 5.85. The zero-order valence-corrected chi connectivity index (χ0v) is 14.0. The number of thiophene rings is 1. The van der Waals surface area contributed by atoms with Crippen LogP contribution in [0, 0.1) is 11.7 Å². The van der Waals surface area contributed by atoms with E-state index < -0.39 is 0 Å². The van der Waals surface area contributed by atoms with Crippen molar-refractivity contribution < 1.29 is 4.90 Å². The lowest BCUT2D eigenvalue weighted by atomic mass is 10.4. The first kappa shape index (κ1) is 14.3. The molecule has 1 saturated carbocycles. The van der Waals surface area contributed by atoms with Gasteiger partial charge in [0.25, 0.3) is 0 Å². The lowest BCUT2D eigenvalue weighted by molar-refractivity contribution is -0.917. The van der Waals surface area contributed by atoms with Crippen LogP contribution in [0.25, 0.3) is 0 Å². The topological polar surface area (TPSA) is 27.2 Å². The van der Waals surface area contributed by atoms with Crippen LogP contribution in [-0.2, 0) is 13.2 Å². The van der Waals surface area contributed by atoms with Crippen molar-refractivity contribution in [2.24, 2.45) is 0 Å². The van der Waals surface area contributed by atoms with Gasteiger partial charge in [-0.05, 0) is 44.1 Å². The minimum atomic E-state index is 0.590. The van der Waals surface area contributed by atoms with Crippen LogP contribution in [0.5, 0.6) is 0 Å². The average Bonchev–Trinajstić information content (AvgIpc) is 3.06. The van der Waals surface area contributed by atoms with Crippen molar-refractivity contribution in [2.75, 3.05) is 7.05 Å². The molecular weight excluding hydrogens is 312 g/mol. The van der Waals surface area contributed by atoms with Crippen molar-refractivity contribution in [2.45, 2.75) is 39.0 Å². The third kappa shape index (κ3) is 2.98. The molecule has 1 unspecified atom stereocenters. The standard InChI is InChI=1S/C13H17ClN4S2/c1-9-15-17(13(19)18(9)10-3-4-10)8-16(2)7-11-5-6-12(14)20-11/h5-6,10H,3-4,7-8H2,1-2H3/p+1. The van der Waals surface area contributed by atoms with Crippen LogP contribution in [0.4, 0.5) is 0 Å². The molecule has 0 saturated heterocycles. The summed E-state index contributed by atoms with van der Waals surface area (Å²) >= 11 is 13.2. The van der Waals surface area contributed by atoms with Gasteiger partial charge < -0.3 is 9.47 Å². The van der Waals surface area contributed by atoms with Gasteiger partial charge in [0.05, 0.1) is 16.3 Å². The second-order valence-corrected chi connectivity index (χ2v) is 7.59. The quantitative estimate of drug-likeness (QED) is 0.853. The van der Waals surface area contributed by atoms with E-state index in [9.17, 15) is 0 Å². The van der Waals surface area contributed by atoms with Gasteiger partial charge in [-0.25, -0.2) is 0 Å². The molecule has 0 aromatic carbocycles. The van der Waals surface area contributed by atoms with Crippen LogP contribution in [0.15, 0.2) is 12.1 Å². The predicted molar refractivity (Wildman–Crippen MR) is 84.0 cm³/mol.